The van der Waals surface area contributed by atoms with Gasteiger partial charge in [0.05, 0.1) is 12.1 Å². The third kappa shape index (κ3) is 5.73. The van der Waals surface area contributed by atoms with E-state index >= 15 is 0 Å². The van der Waals surface area contributed by atoms with E-state index in [1.54, 1.807) is 14.1 Å². The number of carbonyl (C=O) groups is 3. The molecule has 24 heavy (non-hydrogen) atoms. The van der Waals surface area contributed by atoms with Crippen LogP contribution in [0.25, 0.3) is 0 Å². The molecule has 132 valence electrons. The second kappa shape index (κ2) is 9.12. The number of benzene rings is 1. The zero-order valence-corrected chi connectivity index (χ0v) is 14.6. The first kappa shape index (κ1) is 19.8. The molecule has 0 aliphatic heterocycles. The lowest BCUT2D eigenvalue weighted by Gasteiger charge is -2.16. The molecular weight excluding hydrogens is 336 g/mol. The average Bonchev–Trinajstić information content (AvgIpc) is 2.52. The number of ether oxygens (including phenoxy) is 1. The van der Waals surface area contributed by atoms with Gasteiger partial charge in [-0.15, -0.1) is 0 Å². The number of carboxylic acid groups (broad SMARTS) is 1. The number of nitrogens with zero attached hydrogens (tertiary/aromatic N) is 1. The fraction of sp³-hybridized carbons (Fsp3) is 0.438. The highest BCUT2D eigenvalue weighted by molar-refractivity contribution is 6.32. The van der Waals surface area contributed by atoms with Crippen LogP contribution in [-0.2, 0) is 14.4 Å². The predicted octanol–water partition coefficient (Wildman–Crippen LogP) is 1.85. The zero-order valence-electron chi connectivity index (χ0n) is 13.8. The Balaban J connectivity index is 2.69. The monoisotopic (exact) mass is 356 g/mol. The molecule has 0 radical (unpaired) electrons. The minimum atomic E-state index is -1.22. The summed E-state index contributed by atoms with van der Waals surface area (Å²) in [5.41, 5.74) is 0.339. The van der Waals surface area contributed by atoms with E-state index in [0.717, 1.165) is 0 Å². The summed E-state index contributed by atoms with van der Waals surface area (Å²) in [6.45, 7) is 0. The summed E-state index contributed by atoms with van der Waals surface area (Å²) < 4.78 is 5.01. The molecule has 0 aromatic heterocycles. The molecule has 0 bridgehead atoms. The molecule has 8 heteroatoms. The highest BCUT2D eigenvalue weighted by atomic mass is 35.5. The maximum absolute atomic E-state index is 11.9. The van der Waals surface area contributed by atoms with Crippen molar-refractivity contribution in [3.05, 3.63) is 28.8 Å². The first-order chi connectivity index (χ1) is 11.3. The summed E-state index contributed by atoms with van der Waals surface area (Å²) in [5, 5.41) is 12.0. The molecule has 0 saturated carbocycles. The SMILES string of the molecule is COc1ccc(C(NC(=O)CCCC(=O)N(C)C)C(=O)O)cc1Cl. The number of rotatable bonds is 8. The van der Waals surface area contributed by atoms with E-state index in [9.17, 15) is 19.5 Å². The number of carbonyl (C=O) groups excluding carboxylic acids is 2. The Kier molecular flexibility index (Phi) is 7.51. The lowest BCUT2D eigenvalue weighted by Crippen LogP contribution is -2.33. The molecule has 0 saturated heterocycles. The fourth-order valence-corrected chi connectivity index (χ4v) is 2.27. The number of hydrogen-bond acceptors (Lipinski definition) is 4. The van der Waals surface area contributed by atoms with Crippen LogP contribution in [0.4, 0.5) is 0 Å². The number of methoxy groups -OCH3 is 1. The van der Waals surface area contributed by atoms with Crippen LogP contribution in [0.5, 0.6) is 5.75 Å². The van der Waals surface area contributed by atoms with Crippen LogP contribution < -0.4 is 10.1 Å². The van der Waals surface area contributed by atoms with Gasteiger partial charge in [-0.2, -0.15) is 0 Å². The summed E-state index contributed by atoms with van der Waals surface area (Å²) in [5.74, 6) is -1.31. The molecule has 1 atom stereocenters. The number of hydrogen-bond donors (Lipinski definition) is 2. The second-order valence-electron chi connectivity index (χ2n) is 5.37. The maximum atomic E-state index is 11.9. The van der Waals surface area contributed by atoms with Gasteiger partial charge in [-0.1, -0.05) is 17.7 Å². The van der Waals surface area contributed by atoms with Gasteiger partial charge in [0.2, 0.25) is 11.8 Å². The standard InChI is InChI=1S/C16H21ClN2O5/c1-19(2)14(21)6-4-5-13(20)18-15(16(22)23)10-7-8-12(24-3)11(17)9-10/h7-9,15H,4-6H2,1-3H3,(H,18,20)(H,22,23). The molecular formula is C16H21ClN2O5. The van der Waals surface area contributed by atoms with Gasteiger partial charge in [-0.05, 0) is 24.1 Å². The van der Waals surface area contributed by atoms with Crippen molar-refractivity contribution in [2.75, 3.05) is 21.2 Å². The van der Waals surface area contributed by atoms with Crippen molar-refractivity contribution in [3.63, 3.8) is 0 Å². The van der Waals surface area contributed by atoms with Gasteiger partial charge in [0.1, 0.15) is 5.75 Å². The fourth-order valence-electron chi connectivity index (χ4n) is 2.01. The van der Waals surface area contributed by atoms with Crippen molar-refractivity contribution < 1.29 is 24.2 Å². The van der Waals surface area contributed by atoms with Gasteiger partial charge in [-0.25, -0.2) is 4.79 Å². The molecule has 2 amide bonds. The summed E-state index contributed by atoms with van der Waals surface area (Å²) in [7, 11) is 4.72. The van der Waals surface area contributed by atoms with E-state index < -0.39 is 17.9 Å². The third-order valence-electron chi connectivity index (χ3n) is 3.35. The third-order valence-corrected chi connectivity index (χ3v) is 3.65. The Morgan fingerprint density at radius 2 is 1.96 bits per heavy atom. The van der Waals surface area contributed by atoms with Crippen LogP contribution in [0.1, 0.15) is 30.9 Å². The smallest absolute Gasteiger partial charge is 0.330 e. The van der Waals surface area contributed by atoms with Crippen LogP contribution in [0.2, 0.25) is 5.02 Å². The van der Waals surface area contributed by atoms with Gasteiger partial charge in [0.15, 0.2) is 6.04 Å². The molecule has 0 aliphatic carbocycles. The first-order valence-corrected chi connectivity index (χ1v) is 7.69. The van der Waals surface area contributed by atoms with E-state index in [0.29, 0.717) is 17.7 Å². The number of carboxylic acids is 1. The van der Waals surface area contributed by atoms with Gasteiger partial charge in [-0.3, -0.25) is 9.59 Å². The lowest BCUT2D eigenvalue weighted by molar-refractivity contribution is -0.142. The van der Waals surface area contributed by atoms with E-state index in [2.05, 4.69) is 5.32 Å². The van der Waals surface area contributed by atoms with Gasteiger partial charge in [0.25, 0.3) is 0 Å². The maximum Gasteiger partial charge on any atom is 0.330 e. The summed E-state index contributed by atoms with van der Waals surface area (Å²) in [6, 6.07) is 3.29. The van der Waals surface area contributed by atoms with Crippen molar-refractivity contribution in [1.82, 2.24) is 10.2 Å². The lowest BCUT2D eigenvalue weighted by atomic mass is 10.1. The van der Waals surface area contributed by atoms with Gasteiger partial charge < -0.3 is 20.1 Å². The van der Waals surface area contributed by atoms with Crippen molar-refractivity contribution in [2.24, 2.45) is 0 Å². The normalized spacial score (nSPS) is 11.5. The zero-order chi connectivity index (χ0) is 18.3. The van der Waals surface area contributed by atoms with E-state index in [1.807, 2.05) is 0 Å². The molecule has 1 unspecified atom stereocenters. The molecule has 1 rings (SSSR count). The summed E-state index contributed by atoms with van der Waals surface area (Å²) >= 11 is 5.99. The van der Waals surface area contributed by atoms with Crippen LogP contribution >= 0.6 is 11.6 Å². The molecule has 0 spiro atoms. The molecule has 0 heterocycles. The number of nitrogens with one attached hydrogen (secondary N) is 1. The topological polar surface area (TPSA) is 95.9 Å². The Morgan fingerprint density at radius 1 is 1.29 bits per heavy atom. The minimum absolute atomic E-state index is 0.0627. The Morgan fingerprint density at radius 3 is 2.46 bits per heavy atom. The van der Waals surface area contributed by atoms with E-state index in [4.69, 9.17) is 16.3 Å². The summed E-state index contributed by atoms with van der Waals surface area (Å²) in [6.07, 6.45) is 0.637. The average molecular weight is 357 g/mol. The highest BCUT2D eigenvalue weighted by Gasteiger charge is 2.23. The number of amides is 2. The first-order valence-electron chi connectivity index (χ1n) is 7.32. The molecule has 1 aromatic rings. The quantitative estimate of drug-likeness (QED) is 0.741. The molecule has 7 nitrogen and oxygen atoms in total. The van der Waals surface area contributed by atoms with Gasteiger partial charge in [0, 0.05) is 26.9 Å². The van der Waals surface area contributed by atoms with Crippen LogP contribution in [-0.4, -0.2) is 49.0 Å². The second-order valence-corrected chi connectivity index (χ2v) is 5.78. The van der Waals surface area contributed by atoms with Crippen molar-refractivity contribution in [2.45, 2.75) is 25.3 Å². The summed E-state index contributed by atoms with van der Waals surface area (Å²) in [4.78, 5) is 36.2. The highest BCUT2D eigenvalue weighted by Crippen LogP contribution is 2.27. The van der Waals surface area contributed by atoms with Crippen LogP contribution in [0, 0.1) is 0 Å². The van der Waals surface area contributed by atoms with Crippen molar-refractivity contribution in [1.29, 1.82) is 0 Å². The van der Waals surface area contributed by atoms with E-state index in [1.165, 1.54) is 30.2 Å². The Hall–Kier alpha value is -2.28. The van der Waals surface area contributed by atoms with Crippen molar-refractivity contribution in [3.8, 4) is 5.75 Å². The largest absolute Gasteiger partial charge is 0.495 e. The minimum Gasteiger partial charge on any atom is -0.495 e. The number of aliphatic carboxylic acids is 1. The predicted molar refractivity (Wildman–Crippen MR) is 89.1 cm³/mol. The Labute approximate surface area is 145 Å². The van der Waals surface area contributed by atoms with Crippen molar-refractivity contribution >= 4 is 29.4 Å². The molecule has 0 aliphatic rings. The molecule has 2 N–H and O–H groups in total. The molecule has 1 aromatic carbocycles. The number of halogens is 1. The van der Waals surface area contributed by atoms with E-state index in [-0.39, 0.29) is 23.8 Å². The van der Waals surface area contributed by atoms with Crippen LogP contribution in [0.15, 0.2) is 18.2 Å². The Bertz CT molecular complexity index is 618. The molecule has 0 fully saturated rings. The van der Waals surface area contributed by atoms with Crippen LogP contribution in [0.3, 0.4) is 0 Å². The van der Waals surface area contributed by atoms with Gasteiger partial charge >= 0.3 is 5.97 Å².